The Bertz CT molecular complexity index is 899. The summed E-state index contributed by atoms with van der Waals surface area (Å²) >= 11 is 1.26. The van der Waals surface area contributed by atoms with Gasteiger partial charge in [-0.25, -0.2) is 4.99 Å². The van der Waals surface area contributed by atoms with Gasteiger partial charge < -0.3 is 10.4 Å². The first-order valence-corrected chi connectivity index (χ1v) is 9.95. The molecular formula is C21H23N3O3S. The lowest BCUT2D eigenvalue weighted by atomic mass is 10.1. The fourth-order valence-corrected chi connectivity index (χ4v) is 4.03. The second-order valence-corrected chi connectivity index (χ2v) is 7.77. The zero-order valence-electron chi connectivity index (χ0n) is 15.9. The molecule has 0 aromatic heterocycles. The van der Waals surface area contributed by atoms with E-state index < -0.39 is 5.25 Å². The summed E-state index contributed by atoms with van der Waals surface area (Å²) in [6.45, 7) is 3.99. The number of rotatable bonds is 6. The number of aryl methyl sites for hydroxylation is 2. The smallest absolute Gasteiger partial charge is 0.242 e. The number of nitrogens with one attached hydrogen (secondary N) is 1. The van der Waals surface area contributed by atoms with Gasteiger partial charge >= 0.3 is 0 Å². The largest absolute Gasteiger partial charge is 0.395 e. The minimum Gasteiger partial charge on any atom is -0.395 e. The topological polar surface area (TPSA) is 82.0 Å². The summed E-state index contributed by atoms with van der Waals surface area (Å²) in [5.74, 6) is -0.428. The van der Waals surface area contributed by atoms with Gasteiger partial charge in [0.2, 0.25) is 11.8 Å². The summed E-state index contributed by atoms with van der Waals surface area (Å²) in [5.41, 5.74) is 3.69. The standard InChI is InChI=1S/C21H23N3O3S/c1-14-8-9-17(12-15(14)2)22-19(26)13-18-20(27)24(10-11-25)21(28-18)23-16-6-4-3-5-7-16/h3-9,12,18,25H,10-11,13H2,1-2H3,(H,22,26)/t18-/m1/s1. The van der Waals surface area contributed by atoms with Crippen LogP contribution in [0.15, 0.2) is 53.5 Å². The molecule has 0 unspecified atom stereocenters. The van der Waals surface area contributed by atoms with Crippen LogP contribution in [-0.4, -0.2) is 45.4 Å². The first-order valence-electron chi connectivity index (χ1n) is 9.07. The van der Waals surface area contributed by atoms with Crippen LogP contribution in [-0.2, 0) is 9.59 Å². The zero-order chi connectivity index (χ0) is 20.1. The highest BCUT2D eigenvalue weighted by molar-refractivity contribution is 8.15. The maximum absolute atomic E-state index is 12.7. The molecule has 2 aromatic carbocycles. The summed E-state index contributed by atoms with van der Waals surface area (Å²) in [5, 5.41) is 12.1. The van der Waals surface area contributed by atoms with Gasteiger partial charge in [0.05, 0.1) is 18.8 Å². The van der Waals surface area contributed by atoms with E-state index in [1.165, 1.54) is 16.7 Å². The lowest BCUT2D eigenvalue weighted by Gasteiger charge is -2.14. The number of amidine groups is 1. The fraction of sp³-hybridized carbons (Fsp3) is 0.286. The highest BCUT2D eigenvalue weighted by Gasteiger charge is 2.38. The van der Waals surface area contributed by atoms with Crippen molar-refractivity contribution in [3.05, 3.63) is 59.7 Å². The molecule has 1 atom stereocenters. The van der Waals surface area contributed by atoms with Crippen molar-refractivity contribution in [3.63, 3.8) is 0 Å². The molecule has 2 N–H and O–H groups in total. The van der Waals surface area contributed by atoms with Crippen LogP contribution in [0.5, 0.6) is 0 Å². The van der Waals surface area contributed by atoms with Crippen LogP contribution in [0.3, 0.4) is 0 Å². The Morgan fingerprint density at radius 2 is 1.93 bits per heavy atom. The number of hydrogen-bond donors (Lipinski definition) is 2. The molecule has 6 nitrogen and oxygen atoms in total. The summed E-state index contributed by atoms with van der Waals surface area (Å²) in [4.78, 5) is 31.1. The molecule has 0 radical (unpaired) electrons. The van der Waals surface area contributed by atoms with Gasteiger partial charge in [-0.2, -0.15) is 0 Å². The third kappa shape index (κ3) is 4.79. The van der Waals surface area contributed by atoms with Crippen molar-refractivity contribution >= 4 is 40.1 Å². The number of benzene rings is 2. The van der Waals surface area contributed by atoms with Crippen LogP contribution >= 0.6 is 11.8 Å². The number of aliphatic hydroxyl groups excluding tert-OH is 1. The third-order valence-corrected chi connectivity index (χ3v) is 5.66. The van der Waals surface area contributed by atoms with Crippen LogP contribution in [0.2, 0.25) is 0 Å². The number of thioether (sulfide) groups is 1. The van der Waals surface area contributed by atoms with Gasteiger partial charge in [-0.1, -0.05) is 36.0 Å². The minimum atomic E-state index is -0.555. The van der Waals surface area contributed by atoms with Crippen LogP contribution in [0.4, 0.5) is 11.4 Å². The average Bonchev–Trinajstić information content (AvgIpc) is 2.94. The van der Waals surface area contributed by atoms with E-state index in [0.717, 1.165) is 16.8 Å². The molecule has 0 aliphatic carbocycles. The number of hydrogen-bond acceptors (Lipinski definition) is 5. The second kappa shape index (κ2) is 9.03. The van der Waals surface area contributed by atoms with Gasteiger partial charge in [0.15, 0.2) is 5.17 Å². The van der Waals surface area contributed by atoms with Gasteiger partial charge in [-0.05, 0) is 49.2 Å². The predicted molar refractivity (Wildman–Crippen MR) is 113 cm³/mol. The van der Waals surface area contributed by atoms with Crippen molar-refractivity contribution in [1.82, 2.24) is 4.90 Å². The van der Waals surface area contributed by atoms with Crippen molar-refractivity contribution in [2.75, 3.05) is 18.5 Å². The van der Waals surface area contributed by atoms with Gasteiger partial charge in [-0.3, -0.25) is 14.5 Å². The lowest BCUT2D eigenvalue weighted by Crippen LogP contribution is -2.35. The Kier molecular flexibility index (Phi) is 6.49. The fourth-order valence-electron chi connectivity index (χ4n) is 2.84. The SMILES string of the molecule is Cc1ccc(NC(=O)C[C@H]2SC(=Nc3ccccc3)N(CCO)C2=O)cc1C. The number of aliphatic hydroxyl groups is 1. The van der Waals surface area contributed by atoms with E-state index in [-0.39, 0.29) is 31.4 Å². The molecule has 0 spiro atoms. The summed E-state index contributed by atoms with van der Waals surface area (Å²) in [7, 11) is 0. The van der Waals surface area contributed by atoms with E-state index in [2.05, 4.69) is 10.3 Å². The molecule has 0 saturated carbocycles. The number of anilines is 1. The molecule has 1 fully saturated rings. The van der Waals surface area contributed by atoms with Crippen molar-refractivity contribution in [2.45, 2.75) is 25.5 Å². The maximum atomic E-state index is 12.7. The number of β-amino-alcohol motifs (C(OH)–C–C–N with tert-alkyl or cyclic N) is 1. The molecule has 2 aromatic rings. The minimum absolute atomic E-state index is 0.0478. The van der Waals surface area contributed by atoms with Gasteiger partial charge in [-0.15, -0.1) is 0 Å². The van der Waals surface area contributed by atoms with Gasteiger partial charge in [0.25, 0.3) is 0 Å². The summed E-state index contributed by atoms with van der Waals surface area (Å²) in [6.07, 6.45) is 0.0478. The number of aliphatic imine (C=N–C) groups is 1. The molecule has 2 amide bonds. The summed E-state index contributed by atoms with van der Waals surface area (Å²) < 4.78 is 0. The highest BCUT2D eigenvalue weighted by atomic mass is 32.2. The maximum Gasteiger partial charge on any atom is 0.242 e. The molecule has 3 rings (SSSR count). The van der Waals surface area contributed by atoms with E-state index in [1.54, 1.807) is 0 Å². The molecular weight excluding hydrogens is 374 g/mol. The highest BCUT2D eigenvalue weighted by Crippen LogP contribution is 2.31. The second-order valence-electron chi connectivity index (χ2n) is 6.60. The quantitative estimate of drug-likeness (QED) is 0.784. The van der Waals surface area contributed by atoms with Crippen LogP contribution in [0.1, 0.15) is 17.5 Å². The van der Waals surface area contributed by atoms with E-state index in [9.17, 15) is 14.7 Å². The first-order chi connectivity index (χ1) is 13.5. The van der Waals surface area contributed by atoms with Gasteiger partial charge in [0, 0.05) is 12.1 Å². The van der Waals surface area contributed by atoms with Crippen LogP contribution in [0, 0.1) is 13.8 Å². The van der Waals surface area contributed by atoms with E-state index in [0.29, 0.717) is 10.9 Å². The number of carbonyl (C=O) groups is 2. The van der Waals surface area contributed by atoms with Crippen molar-refractivity contribution in [3.8, 4) is 0 Å². The number of nitrogens with zero attached hydrogens (tertiary/aromatic N) is 2. The van der Waals surface area contributed by atoms with E-state index in [1.807, 2.05) is 62.4 Å². The Hall–Kier alpha value is -2.64. The van der Waals surface area contributed by atoms with Gasteiger partial charge in [0.1, 0.15) is 5.25 Å². The molecule has 1 saturated heterocycles. The lowest BCUT2D eigenvalue weighted by molar-refractivity contribution is -0.128. The molecule has 7 heteroatoms. The number of para-hydroxylation sites is 1. The Morgan fingerprint density at radius 1 is 1.18 bits per heavy atom. The first kappa shape index (κ1) is 20.1. The van der Waals surface area contributed by atoms with E-state index >= 15 is 0 Å². The van der Waals surface area contributed by atoms with Crippen LogP contribution < -0.4 is 5.32 Å². The molecule has 1 aliphatic heterocycles. The molecule has 28 heavy (non-hydrogen) atoms. The monoisotopic (exact) mass is 397 g/mol. The van der Waals surface area contributed by atoms with Crippen molar-refractivity contribution in [1.29, 1.82) is 0 Å². The average molecular weight is 398 g/mol. The van der Waals surface area contributed by atoms with Crippen LogP contribution in [0.25, 0.3) is 0 Å². The van der Waals surface area contributed by atoms with Crippen molar-refractivity contribution < 1.29 is 14.7 Å². The molecule has 146 valence electrons. The number of carbonyl (C=O) groups excluding carboxylic acids is 2. The zero-order valence-corrected chi connectivity index (χ0v) is 16.7. The molecule has 0 bridgehead atoms. The molecule has 1 aliphatic rings. The summed E-state index contributed by atoms with van der Waals surface area (Å²) in [6, 6.07) is 15.0. The van der Waals surface area contributed by atoms with E-state index in [4.69, 9.17) is 0 Å². The normalized spacial score (nSPS) is 18.0. The van der Waals surface area contributed by atoms with Crippen molar-refractivity contribution in [2.24, 2.45) is 4.99 Å². The predicted octanol–water partition coefficient (Wildman–Crippen LogP) is 3.26. The number of amides is 2. The Balaban J connectivity index is 1.71. The Morgan fingerprint density at radius 3 is 2.61 bits per heavy atom. The Labute approximate surface area is 168 Å². The third-order valence-electron chi connectivity index (χ3n) is 4.49. The molecule has 1 heterocycles.